The number of aromatic nitrogens is 1. The van der Waals surface area contributed by atoms with Gasteiger partial charge in [0.25, 0.3) is 0 Å². The van der Waals surface area contributed by atoms with Crippen LogP contribution in [0.5, 0.6) is 0 Å². The van der Waals surface area contributed by atoms with Crippen LogP contribution in [0.3, 0.4) is 0 Å². The lowest BCUT2D eigenvalue weighted by Crippen LogP contribution is -2.40. The maximum absolute atomic E-state index is 10.6. The molecule has 1 saturated heterocycles. The summed E-state index contributed by atoms with van der Waals surface area (Å²) < 4.78 is 0. The zero-order valence-corrected chi connectivity index (χ0v) is 8.60. The summed E-state index contributed by atoms with van der Waals surface area (Å²) in [6.07, 6.45) is 4.51. The smallest absolute Gasteiger partial charge is 0.150 e. The number of aldehydes is 1. The van der Waals surface area contributed by atoms with E-state index < -0.39 is 0 Å². The van der Waals surface area contributed by atoms with Gasteiger partial charge in [-0.2, -0.15) is 0 Å². The quantitative estimate of drug-likeness (QED) is 0.726. The van der Waals surface area contributed by atoms with E-state index in [-0.39, 0.29) is 0 Å². The molecular weight excluding hydrogens is 190 g/mol. The lowest BCUT2D eigenvalue weighted by molar-refractivity contribution is 0.112. The van der Waals surface area contributed by atoms with Crippen LogP contribution in [0, 0.1) is 0 Å². The topological polar surface area (TPSA) is 59.2 Å². The average molecular weight is 205 g/mol. The predicted molar refractivity (Wildman–Crippen MR) is 59.0 cm³/mol. The van der Waals surface area contributed by atoms with Crippen LogP contribution in [0.2, 0.25) is 0 Å². The molecule has 2 N–H and O–H groups in total. The van der Waals surface area contributed by atoms with Crippen LogP contribution < -0.4 is 10.6 Å². The van der Waals surface area contributed by atoms with E-state index in [1.165, 1.54) is 0 Å². The Morgan fingerprint density at radius 3 is 2.87 bits per heavy atom. The Bertz CT molecular complexity index is 345. The minimum atomic E-state index is 0.315. The normalized spacial score (nSPS) is 17.8. The lowest BCUT2D eigenvalue weighted by atomic mass is 10.1. The molecule has 1 aromatic rings. The van der Waals surface area contributed by atoms with Gasteiger partial charge in [-0.3, -0.25) is 4.79 Å². The molecule has 0 amide bonds. The monoisotopic (exact) mass is 205 g/mol. The number of rotatable bonds is 2. The average Bonchev–Trinajstić information content (AvgIpc) is 2.30. The number of anilines is 1. The lowest BCUT2D eigenvalue weighted by Gasteiger charge is -2.31. The van der Waals surface area contributed by atoms with Crippen LogP contribution in [0.15, 0.2) is 18.3 Å². The maximum Gasteiger partial charge on any atom is 0.150 e. The molecule has 4 nitrogen and oxygen atoms in total. The van der Waals surface area contributed by atoms with Gasteiger partial charge >= 0.3 is 0 Å². The maximum atomic E-state index is 10.6. The third kappa shape index (κ3) is 2.33. The third-order valence-electron chi connectivity index (χ3n) is 2.77. The van der Waals surface area contributed by atoms with E-state index >= 15 is 0 Å². The van der Waals surface area contributed by atoms with Crippen molar-refractivity contribution >= 4 is 12.1 Å². The van der Waals surface area contributed by atoms with Crippen molar-refractivity contribution in [3.63, 3.8) is 0 Å². The van der Waals surface area contributed by atoms with Crippen LogP contribution in [0.1, 0.15) is 23.2 Å². The second-order valence-electron chi connectivity index (χ2n) is 3.89. The van der Waals surface area contributed by atoms with Gasteiger partial charge in [-0.15, -0.1) is 0 Å². The molecule has 0 saturated carbocycles. The van der Waals surface area contributed by atoms with Crippen molar-refractivity contribution in [1.29, 1.82) is 0 Å². The molecule has 0 aliphatic carbocycles. The van der Waals surface area contributed by atoms with E-state index in [0.29, 0.717) is 11.6 Å². The summed E-state index contributed by atoms with van der Waals surface area (Å²) in [4.78, 5) is 17.1. The van der Waals surface area contributed by atoms with E-state index in [0.717, 1.165) is 38.0 Å². The van der Waals surface area contributed by atoms with Gasteiger partial charge in [0.05, 0.1) is 0 Å². The molecule has 80 valence electrons. The molecule has 0 bridgehead atoms. The van der Waals surface area contributed by atoms with Crippen molar-refractivity contribution in [2.75, 3.05) is 18.0 Å². The second kappa shape index (κ2) is 4.40. The molecule has 0 aromatic carbocycles. The Kier molecular flexibility index (Phi) is 2.97. The number of pyridine rings is 1. The van der Waals surface area contributed by atoms with Crippen LogP contribution in [-0.4, -0.2) is 30.4 Å². The van der Waals surface area contributed by atoms with E-state index in [1.807, 2.05) is 6.07 Å². The molecule has 1 aromatic heterocycles. The van der Waals surface area contributed by atoms with E-state index in [4.69, 9.17) is 5.73 Å². The van der Waals surface area contributed by atoms with E-state index in [9.17, 15) is 4.79 Å². The summed E-state index contributed by atoms with van der Waals surface area (Å²) in [5.74, 6) is 0.881. The summed E-state index contributed by atoms with van der Waals surface area (Å²) in [5.41, 5.74) is 6.50. The molecular formula is C11H15N3O. The summed E-state index contributed by atoms with van der Waals surface area (Å²) >= 11 is 0. The first-order valence-electron chi connectivity index (χ1n) is 5.21. The van der Waals surface area contributed by atoms with Gasteiger partial charge in [-0.05, 0) is 25.0 Å². The Morgan fingerprint density at radius 1 is 1.47 bits per heavy atom. The highest BCUT2D eigenvalue weighted by Gasteiger charge is 2.17. The van der Waals surface area contributed by atoms with Gasteiger partial charge in [0.1, 0.15) is 12.1 Å². The minimum Gasteiger partial charge on any atom is -0.356 e. The summed E-state index contributed by atoms with van der Waals surface area (Å²) in [6.45, 7) is 1.85. The number of nitrogens with zero attached hydrogens (tertiary/aromatic N) is 2. The van der Waals surface area contributed by atoms with Crippen molar-refractivity contribution in [3.8, 4) is 0 Å². The number of hydrogen-bond donors (Lipinski definition) is 1. The van der Waals surface area contributed by atoms with Crippen molar-refractivity contribution in [3.05, 3.63) is 23.9 Å². The fraction of sp³-hybridized carbons (Fsp3) is 0.455. The fourth-order valence-electron chi connectivity index (χ4n) is 1.81. The zero-order chi connectivity index (χ0) is 10.7. The highest BCUT2D eigenvalue weighted by molar-refractivity contribution is 5.76. The van der Waals surface area contributed by atoms with Gasteiger partial charge in [0.15, 0.2) is 0 Å². The van der Waals surface area contributed by atoms with Gasteiger partial charge < -0.3 is 10.6 Å². The molecule has 2 rings (SSSR count). The Hall–Kier alpha value is -1.42. The number of carbonyl (C=O) groups is 1. The third-order valence-corrected chi connectivity index (χ3v) is 2.77. The molecule has 1 fully saturated rings. The Labute approximate surface area is 89.1 Å². The second-order valence-corrected chi connectivity index (χ2v) is 3.89. The first kappa shape index (κ1) is 10.1. The standard InChI is InChI=1S/C11H15N3O/c12-10-2-5-14(6-3-10)11-7-9(8-15)1-4-13-11/h1,4,7-8,10H,2-3,5-6,12H2. The molecule has 0 atom stereocenters. The molecule has 1 aliphatic rings. The SMILES string of the molecule is NC1CCN(c2cc(C=O)ccn2)CC1. The largest absolute Gasteiger partial charge is 0.356 e. The molecule has 2 heterocycles. The molecule has 1 aliphatic heterocycles. The van der Waals surface area contributed by atoms with E-state index in [1.54, 1.807) is 12.3 Å². The molecule has 0 unspecified atom stereocenters. The van der Waals surface area contributed by atoms with Crippen LogP contribution in [0.25, 0.3) is 0 Å². The molecule has 0 spiro atoms. The number of piperidine rings is 1. The van der Waals surface area contributed by atoms with Crippen molar-refractivity contribution in [2.45, 2.75) is 18.9 Å². The highest BCUT2D eigenvalue weighted by atomic mass is 16.1. The minimum absolute atomic E-state index is 0.315. The van der Waals surface area contributed by atoms with Crippen molar-refractivity contribution in [1.82, 2.24) is 4.98 Å². The zero-order valence-electron chi connectivity index (χ0n) is 8.60. The van der Waals surface area contributed by atoms with Crippen LogP contribution in [-0.2, 0) is 0 Å². The van der Waals surface area contributed by atoms with Crippen LogP contribution in [0.4, 0.5) is 5.82 Å². The number of hydrogen-bond acceptors (Lipinski definition) is 4. The summed E-state index contributed by atoms with van der Waals surface area (Å²) in [7, 11) is 0. The summed E-state index contributed by atoms with van der Waals surface area (Å²) in [6, 6.07) is 3.85. The summed E-state index contributed by atoms with van der Waals surface area (Å²) in [5, 5.41) is 0. The number of carbonyl (C=O) groups excluding carboxylic acids is 1. The van der Waals surface area contributed by atoms with Crippen molar-refractivity contribution < 1.29 is 4.79 Å². The van der Waals surface area contributed by atoms with Gasteiger partial charge in [-0.1, -0.05) is 0 Å². The van der Waals surface area contributed by atoms with Gasteiger partial charge in [0.2, 0.25) is 0 Å². The molecule has 15 heavy (non-hydrogen) atoms. The molecule has 4 heteroatoms. The first-order chi connectivity index (χ1) is 7.29. The van der Waals surface area contributed by atoms with Crippen LogP contribution >= 0.6 is 0 Å². The highest BCUT2D eigenvalue weighted by Crippen LogP contribution is 2.17. The van der Waals surface area contributed by atoms with Gasteiger partial charge in [0, 0.05) is 30.9 Å². The Morgan fingerprint density at radius 2 is 2.20 bits per heavy atom. The van der Waals surface area contributed by atoms with Crippen molar-refractivity contribution in [2.24, 2.45) is 5.73 Å². The number of nitrogens with two attached hydrogens (primary N) is 1. The van der Waals surface area contributed by atoms with E-state index in [2.05, 4.69) is 9.88 Å². The fourth-order valence-corrected chi connectivity index (χ4v) is 1.81. The first-order valence-corrected chi connectivity index (χ1v) is 5.21. The predicted octanol–water partition coefficient (Wildman–Crippen LogP) is 0.822. The van der Waals surface area contributed by atoms with Gasteiger partial charge in [-0.25, -0.2) is 4.98 Å². The molecule has 0 radical (unpaired) electrons. The Balaban J connectivity index is 2.11.